The molecular formula is C20H21N5O4S. The quantitative estimate of drug-likeness (QED) is 0.501. The number of benzene rings is 2. The lowest BCUT2D eigenvalue weighted by molar-refractivity contribution is -0.383. The Labute approximate surface area is 173 Å². The Bertz CT molecular complexity index is 1240. The first-order valence-corrected chi connectivity index (χ1v) is 11.0. The highest BCUT2D eigenvalue weighted by Crippen LogP contribution is 2.33. The third-order valence-corrected chi connectivity index (χ3v) is 6.21. The number of rotatable bonds is 4. The minimum atomic E-state index is -3.82. The highest BCUT2D eigenvalue weighted by molar-refractivity contribution is 7.89. The SMILES string of the molecule is Cc1cc(N2CCN(c3ccccc3S(N)(=O)=O)CC2)c2cccc([N+](=O)[O-])c2n1. The van der Waals surface area contributed by atoms with Crippen LogP contribution in [0.25, 0.3) is 10.9 Å². The van der Waals surface area contributed by atoms with Gasteiger partial charge in [-0.15, -0.1) is 0 Å². The van der Waals surface area contributed by atoms with Gasteiger partial charge in [0, 0.05) is 49.0 Å². The topological polar surface area (TPSA) is 123 Å². The Kier molecular flexibility index (Phi) is 5.04. The highest BCUT2D eigenvalue weighted by Gasteiger charge is 2.25. The van der Waals surface area contributed by atoms with E-state index in [2.05, 4.69) is 9.88 Å². The number of aromatic nitrogens is 1. The maximum Gasteiger partial charge on any atom is 0.295 e. The Balaban J connectivity index is 1.66. The van der Waals surface area contributed by atoms with E-state index in [9.17, 15) is 18.5 Å². The van der Waals surface area contributed by atoms with Gasteiger partial charge in [-0.25, -0.2) is 18.5 Å². The molecule has 2 heterocycles. The van der Waals surface area contributed by atoms with Gasteiger partial charge in [0.2, 0.25) is 10.0 Å². The van der Waals surface area contributed by atoms with Crippen LogP contribution in [0.2, 0.25) is 0 Å². The lowest BCUT2D eigenvalue weighted by Crippen LogP contribution is -2.47. The van der Waals surface area contributed by atoms with Crippen LogP contribution in [0.15, 0.2) is 53.4 Å². The number of nitro benzene ring substituents is 1. The molecule has 1 aliphatic rings. The van der Waals surface area contributed by atoms with E-state index in [0.717, 1.165) is 11.1 Å². The fraction of sp³-hybridized carbons (Fsp3) is 0.250. The normalized spacial score (nSPS) is 14.9. The van der Waals surface area contributed by atoms with Crippen LogP contribution in [0.1, 0.15) is 5.69 Å². The van der Waals surface area contributed by atoms with Gasteiger partial charge in [-0.1, -0.05) is 24.3 Å². The van der Waals surface area contributed by atoms with Crippen molar-refractivity contribution in [3.8, 4) is 0 Å². The van der Waals surface area contributed by atoms with E-state index in [-0.39, 0.29) is 10.6 Å². The Morgan fingerprint density at radius 1 is 1.00 bits per heavy atom. The number of pyridine rings is 1. The fourth-order valence-electron chi connectivity index (χ4n) is 3.90. The van der Waals surface area contributed by atoms with Gasteiger partial charge in [-0.3, -0.25) is 10.1 Å². The molecule has 1 fully saturated rings. The third-order valence-electron chi connectivity index (χ3n) is 5.25. The summed E-state index contributed by atoms with van der Waals surface area (Å²) in [5.74, 6) is 0. The maximum absolute atomic E-state index is 11.9. The predicted octanol–water partition coefficient (Wildman–Crippen LogP) is 2.43. The summed E-state index contributed by atoms with van der Waals surface area (Å²) in [7, 11) is -3.82. The van der Waals surface area contributed by atoms with Crippen molar-refractivity contribution in [1.82, 2.24) is 4.98 Å². The summed E-state index contributed by atoms with van der Waals surface area (Å²) in [4.78, 5) is 19.6. The van der Waals surface area contributed by atoms with E-state index in [4.69, 9.17) is 5.14 Å². The molecule has 0 saturated carbocycles. The van der Waals surface area contributed by atoms with E-state index >= 15 is 0 Å². The summed E-state index contributed by atoms with van der Waals surface area (Å²) < 4.78 is 23.9. The molecule has 0 radical (unpaired) electrons. The van der Waals surface area contributed by atoms with Crippen molar-refractivity contribution in [2.45, 2.75) is 11.8 Å². The third kappa shape index (κ3) is 3.66. The first-order valence-electron chi connectivity index (χ1n) is 9.42. The van der Waals surface area contributed by atoms with Gasteiger partial charge in [-0.05, 0) is 25.1 Å². The van der Waals surface area contributed by atoms with Crippen molar-refractivity contribution in [1.29, 1.82) is 0 Å². The second-order valence-corrected chi connectivity index (χ2v) is 8.73. The molecule has 0 spiro atoms. The number of primary sulfonamides is 1. The molecule has 2 N–H and O–H groups in total. The van der Waals surface area contributed by atoms with Crippen LogP contribution in [-0.2, 0) is 10.0 Å². The van der Waals surface area contributed by atoms with E-state index < -0.39 is 14.9 Å². The molecular weight excluding hydrogens is 406 g/mol. The van der Waals surface area contributed by atoms with Gasteiger partial charge in [0.1, 0.15) is 4.90 Å². The number of aryl methyl sites for hydroxylation is 1. The molecule has 30 heavy (non-hydrogen) atoms. The van der Waals surface area contributed by atoms with Crippen LogP contribution < -0.4 is 14.9 Å². The molecule has 10 heteroatoms. The molecule has 9 nitrogen and oxygen atoms in total. The number of nitro groups is 1. The zero-order valence-corrected chi connectivity index (χ0v) is 17.2. The largest absolute Gasteiger partial charge is 0.367 e. The van der Waals surface area contributed by atoms with Crippen molar-refractivity contribution in [3.63, 3.8) is 0 Å². The summed E-state index contributed by atoms with van der Waals surface area (Å²) in [6, 6.07) is 13.6. The Hall–Kier alpha value is -3.24. The van der Waals surface area contributed by atoms with Gasteiger partial charge in [0.25, 0.3) is 5.69 Å². The molecule has 0 aliphatic carbocycles. The van der Waals surface area contributed by atoms with Crippen LogP contribution in [0.3, 0.4) is 0 Å². The van der Waals surface area contributed by atoms with Crippen molar-refractivity contribution >= 4 is 38.0 Å². The summed E-state index contributed by atoms with van der Waals surface area (Å²) in [6.45, 7) is 4.24. The van der Waals surface area contributed by atoms with Crippen LogP contribution in [0, 0.1) is 17.0 Å². The van der Waals surface area contributed by atoms with Gasteiger partial charge >= 0.3 is 0 Å². The van der Waals surface area contributed by atoms with Gasteiger partial charge in [0.15, 0.2) is 5.52 Å². The fourth-order valence-corrected chi connectivity index (χ4v) is 4.65. The van der Waals surface area contributed by atoms with Crippen molar-refractivity contribution < 1.29 is 13.3 Å². The molecule has 0 bridgehead atoms. The standard InChI is InChI=1S/C20H21N5O4S/c1-14-13-18(15-5-4-7-17(25(26)27)20(15)22-14)24-11-9-23(10-12-24)16-6-2-3-8-19(16)30(21,28)29/h2-8,13H,9-12H2,1H3,(H2,21,28,29). The number of hydrogen-bond donors (Lipinski definition) is 1. The first kappa shape index (κ1) is 20.0. The van der Waals surface area contributed by atoms with Gasteiger partial charge in [0.05, 0.1) is 10.6 Å². The lowest BCUT2D eigenvalue weighted by Gasteiger charge is -2.38. The Morgan fingerprint density at radius 3 is 2.27 bits per heavy atom. The number of nitrogens with zero attached hydrogens (tertiary/aromatic N) is 4. The molecule has 1 aliphatic heterocycles. The molecule has 4 rings (SSSR count). The van der Waals surface area contributed by atoms with Crippen LogP contribution in [0.5, 0.6) is 0 Å². The van der Waals surface area contributed by atoms with Crippen molar-refractivity contribution in [2.75, 3.05) is 36.0 Å². The van der Waals surface area contributed by atoms with Crippen LogP contribution in [0.4, 0.5) is 17.1 Å². The highest BCUT2D eigenvalue weighted by atomic mass is 32.2. The molecule has 1 aromatic heterocycles. The number of fused-ring (bicyclic) bond motifs is 1. The zero-order chi connectivity index (χ0) is 21.5. The average molecular weight is 427 g/mol. The van der Waals surface area contributed by atoms with Crippen LogP contribution in [-0.4, -0.2) is 44.5 Å². The molecule has 3 aromatic rings. The number of anilines is 2. The minimum absolute atomic E-state index is 0.0156. The molecule has 0 unspecified atom stereocenters. The van der Waals surface area contributed by atoms with Gasteiger partial charge in [-0.2, -0.15) is 0 Å². The van der Waals surface area contributed by atoms with E-state index in [1.165, 1.54) is 12.1 Å². The number of non-ortho nitro benzene ring substituents is 1. The lowest BCUT2D eigenvalue weighted by atomic mass is 10.1. The monoisotopic (exact) mass is 427 g/mol. The smallest absolute Gasteiger partial charge is 0.295 e. The average Bonchev–Trinajstić information content (AvgIpc) is 2.72. The minimum Gasteiger partial charge on any atom is -0.367 e. The van der Waals surface area contributed by atoms with E-state index in [1.807, 2.05) is 24.0 Å². The summed E-state index contributed by atoms with van der Waals surface area (Å²) in [5.41, 5.74) is 2.54. The predicted molar refractivity (Wildman–Crippen MR) is 115 cm³/mol. The second-order valence-electron chi connectivity index (χ2n) is 7.20. The zero-order valence-electron chi connectivity index (χ0n) is 16.4. The van der Waals surface area contributed by atoms with Crippen LogP contribution >= 0.6 is 0 Å². The number of hydrogen-bond acceptors (Lipinski definition) is 7. The van der Waals surface area contributed by atoms with E-state index in [0.29, 0.717) is 43.1 Å². The maximum atomic E-state index is 11.9. The molecule has 0 amide bonds. The number of sulfonamides is 1. The van der Waals surface area contributed by atoms with Crippen molar-refractivity contribution in [3.05, 3.63) is 64.3 Å². The number of piperazine rings is 1. The first-order chi connectivity index (χ1) is 14.3. The number of nitrogens with two attached hydrogens (primary N) is 1. The molecule has 0 atom stereocenters. The summed E-state index contributed by atoms with van der Waals surface area (Å²) in [5, 5.41) is 17.5. The molecule has 1 saturated heterocycles. The number of para-hydroxylation sites is 2. The van der Waals surface area contributed by atoms with Gasteiger partial charge < -0.3 is 9.80 Å². The molecule has 2 aromatic carbocycles. The van der Waals surface area contributed by atoms with E-state index in [1.54, 1.807) is 24.3 Å². The Morgan fingerprint density at radius 2 is 1.63 bits per heavy atom. The molecule has 156 valence electrons. The second kappa shape index (κ2) is 7.54. The summed E-state index contributed by atoms with van der Waals surface area (Å²) in [6.07, 6.45) is 0. The van der Waals surface area contributed by atoms with Crippen molar-refractivity contribution in [2.24, 2.45) is 5.14 Å². The summed E-state index contributed by atoms with van der Waals surface area (Å²) >= 11 is 0.